The van der Waals surface area contributed by atoms with Gasteiger partial charge in [0.15, 0.2) is 5.69 Å². The number of anilines is 1. The maximum absolute atomic E-state index is 12.6. The minimum atomic E-state index is -0.716. The van der Waals surface area contributed by atoms with Crippen molar-refractivity contribution in [3.8, 4) is 0 Å². The highest BCUT2D eigenvalue weighted by molar-refractivity contribution is 7.21. The van der Waals surface area contributed by atoms with Crippen molar-refractivity contribution in [2.45, 2.75) is 13.5 Å². The Hall–Kier alpha value is -2.09. The van der Waals surface area contributed by atoms with E-state index in [-0.39, 0.29) is 11.4 Å². The Bertz CT molecular complexity index is 964. The van der Waals surface area contributed by atoms with Crippen LogP contribution in [0.4, 0.5) is 5.69 Å². The summed E-state index contributed by atoms with van der Waals surface area (Å²) in [4.78, 5) is 24.4. The second-order valence-electron chi connectivity index (χ2n) is 4.95. The summed E-state index contributed by atoms with van der Waals surface area (Å²) in [6, 6.07) is 5.21. The molecule has 0 aliphatic heterocycles. The van der Waals surface area contributed by atoms with Gasteiger partial charge >= 0.3 is 0 Å². The normalized spacial score (nSPS) is 11.0. The topological polar surface area (TPSA) is 90.0 Å². The first-order chi connectivity index (χ1) is 11.4. The number of rotatable bonds is 4. The van der Waals surface area contributed by atoms with Crippen molar-refractivity contribution >= 4 is 62.1 Å². The molecule has 0 radical (unpaired) electrons. The number of nitrogens with zero attached hydrogens (tertiary/aromatic N) is 2. The van der Waals surface area contributed by atoms with Crippen LogP contribution >= 0.6 is 34.5 Å². The van der Waals surface area contributed by atoms with E-state index < -0.39 is 11.8 Å². The van der Waals surface area contributed by atoms with Gasteiger partial charge < -0.3 is 11.1 Å². The van der Waals surface area contributed by atoms with Gasteiger partial charge in [0.25, 0.3) is 11.8 Å². The molecule has 0 fully saturated rings. The van der Waals surface area contributed by atoms with Gasteiger partial charge in [0.2, 0.25) is 0 Å². The fraction of sp³-hybridized carbons (Fsp3) is 0.133. The van der Waals surface area contributed by atoms with Gasteiger partial charge in [-0.25, -0.2) is 0 Å². The first-order valence-corrected chi connectivity index (χ1v) is 8.54. The number of fused-ring (bicyclic) bond motifs is 1. The van der Waals surface area contributed by atoms with E-state index in [1.165, 1.54) is 16.0 Å². The highest BCUT2D eigenvalue weighted by Gasteiger charge is 2.21. The molecule has 124 valence electrons. The van der Waals surface area contributed by atoms with E-state index in [2.05, 4.69) is 10.4 Å². The molecule has 0 aliphatic carbocycles. The highest BCUT2D eigenvalue weighted by Crippen LogP contribution is 2.37. The SMILES string of the molecule is CCn1cc(NC(=O)c2sc3cc(Cl)ccc3c2Cl)c(C(N)=O)n1. The Morgan fingerprint density at radius 3 is 2.79 bits per heavy atom. The van der Waals surface area contributed by atoms with Gasteiger partial charge in [-0.05, 0) is 19.1 Å². The average Bonchev–Trinajstić information content (AvgIpc) is 3.08. The van der Waals surface area contributed by atoms with E-state index >= 15 is 0 Å². The van der Waals surface area contributed by atoms with Crippen LogP contribution < -0.4 is 11.1 Å². The molecule has 0 spiro atoms. The Morgan fingerprint density at radius 1 is 1.38 bits per heavy atom. The summed E-state index contributed by atoms with van der Waals surface area (Å²) in [6.07, 6.45) is 1.55. The molecule has 6 nitrogen and oxygen atoms in total. The molecule has 0 unspecified atom stereocenters. The van der Waals surface area contributed by atoms with Crippen LogP contribution in [0.2, 0.25) is 10.0 Å². The fourth-order valence-electron chi connectivity index (χ4n) is 2.22. The molecule has 1 aromatic carbocycles. The lowest BCUT2D eigenvalue weighted by Gasteiger charge is -2.02. The number of carbonyl (C=O) groups is 2. The van der Waals surface area contributed by atoms with Crippen LogP contribution in [0.5, 0.6) is 0 Å². The van der Waals surface area contributed by atoms with Crippen molar-refractivity contribution in [3.05, 3.63) is 45.0 Å². The second kappa shape index (κ2) is 6.43. The van der Waals surface area contributed by atoms with Crippen LogP contribution in [0.25, 0.3) is 10.1 Å². The monoisotopic (exact) mass is 382 g/mol. The Kier molecular flexibility index (Phi) is 4.49. The summed E-state index contributed by atoms with van der Waals surface area (Å²) in [5.41, 5.74) is 5.56. The van der Waals surface area contributed by atoms with Crippen LogP contribution in [0, 0.1) is 0 Å². The van der Waals surface area contributed by atoms with Crippen LogP contribution in [-0.2, 0) is 6.54 Å². The molecule has 3 aromatic rings. The standard InChI is InChI=1S/C15H12Cl2N4O2S/c1-2-21-6-9(12(20-21)14(18)22)19-15(23)13-11(17)8-4-3-7(16)5-10(8)24-13/h3-6H,2H2,1H3,(H2,18,22)(H,19,23). The number of carbonyl (C=O) groups excluding carboxylic acids is 2. The van der Waals surface area contributed by atoms with E-state index in [4.69, 9.17) is 28.9 Å². The number of nitrogens with one attached hydrogen (secondary N) is 1. The minimum Gasteiger partial charge on any atom is -0.364 e. The number of aryl methyl sites for hydroxylation is 1. The van der Waals surface area contributed by atoms with Crippen molar-refractivity contribution in [1.82, 2.24) is 9.78 Å². The van der Waals surface area contributed by atoms with Gasteiger partial charge in [0, 0.05) is 27.9 Å². The van der Waals surface area contributed by atoms with Crippen molar-refractivity contribution in [3.63, 3.8) is 0 Å². The van der Waals surface area contributed by atoms with Crippen LogP contribution in [0.15, 0.2) is 24.4 Å². The first kappa shape index (κ1) is 16.8. The zero-order chi connectivity index (χ0) is 17.4. The number of benzene rings is 1. The maximum Gasteiger partial charge on any atom is 0.271 e. The highest BCUT2D eigenvalue weighted by atomic mass is 35.5. The van der Waals surface area contributed by atoms with Gasteiger partial charge in [-0.15, -0.1) is 11.3 Å². The Morgan fingerprint density at radius 2 is 2.12 bits per heavy atom. The lowest BCUT2D eigenvalue weighted by molar-refractivity contribution is 0.0995. The smallest absolute Gasteiger partial charge is 0.271 e. The fourth-order valence-corrected chi connectivity index (χ4v) is 3.91. The Balaban J connectivity index is 1.97. The molecule has 2 heterocycles. The molecule has 3 N–H and O–H groups in total. The van der Waals surface area contributed by atoms with Gasteiger partial charge in [-0.2, -0.15) is 5.10 Å². The summed E-state index contributed by atoms with van der Waals surface area (Å²) in [5, 5.41) is 8.33. The third-order valence-electron chi connectivity index (χ3n) is 3.37. The lowest BCUT2D eigenvalue weighted by atomic mass is 10.2. The maximum atomic E-state index is 12.6. The van der Waals surface area contributed by atoms with E-state index in [1.807, 2.05) is 6.92 Å². The molecular formula is C15H12Cl2N4O2S. The minimum absolute atomic E-state index is 0.00507. The predicted octanol–water partition coefficient (Wildman–Crippen LogP) is 3.78. The molecule has 2 amide bonds. The number of aromatic nitrogens is 2. The molecule has 0 aliphatic rings. The third kappa shape index (κ3) is 2.98. The van der Waals surface area contributed by atoms with Crippen molar-refractivity contribution < 1.29 is 9.59 Å². The first-order valence-electron chi connectivity index (χ1n) is 6.96. The summed E-state index contributed by atoms with van der Waals surface area (Å²) < 4.78 is 2.32. The third-order valence-corrected chi connectivity index (χ3v) is 5.26. The summed E-state index contributed by atoms with van der Waals surface area (Å²) in [6.45, 7) is 2.40. The molecule has 0 atom stereocenters. The van der Waals surface area contributed by atoms with E-state index in [0.29, 0.717) is 21.5 Å². The molecule has 0 saturated heterocycles. The number of nitrogens with two attached hydrogens (primary N) is 1. The summed E-state index contributed by atoms with van der Waals surface area (Å²) in [7, 11) is 0. The number of amides is 2. The zero-order valence-corrected chi connectivity index (χ0v) is 14.8. The Labute approximate surface area is 151 Å². The molecular weight excluding hydrogens is 371 g/mol. The van der Waals surface area contributed by atoms with Gasteiger partial charge in [0.1, 0.15) is 4.88 Å². The molecule has 9 heteroatoms. The average molecular weight is 383 g/mol. The zero-order valence-electron chi connectivity index (χ0n) is 12.5. The number of halogens is 2. The second-order valence-corrected chi connectivity index (χ2v) is 6.82. The number of hydrogen-bond donors (Lipinski definition) is 2. The molecule has 24 heavy (non-hydrogen) atoms. The van der Waals surface area contributed by atoms with Crippen LogP contribution in [-0.4, -0.2) is 21.6 Å². The predicted molar refractivity (Wildman–Crippen MR) is 96.2 cm³/mol. The molecule has 3 rings (SSSR count). The summed E-state index contributed by atoms with van der Waals surface area (Å²) in [5.74, 6) is -1.15. The molecule has 2 aromatic heterocycles. The van der Waals surface area contributed by atoms with Gasteiger partial charge in [-0.3, -0.25) is 14.3 Å². The molecule has 0 bridgehead atoms. The van der Waals surface area contributed by atoms with Crippen LogP contribution in [0.3, 0.4) is 0 Å². The van der Waals surface area contributed by atoms with Crippen LogP contribution in [0.1, 0.15) is 27.1 Å². The number of hydrogen-bond acceptors (Lipinski definition) is 4. The number of thiophene rings is 1. The number of primary amides is 1. The van der Waals surface area contributed by atoms with E-state index in [1.54, 1.807) is 24.4 Å². The molecule has 0 saturated carbocycles. The summed E-state index contributed by atoms with van der Waals surface area (Å²) >= 11 is 13.5. The lowest BCUT2D eigenvalue weighted by Crippen LogP contribution is -2.17. The van der Waals surface area contributed by atoms with E-state index in [0.717, 1.165) is 10.1 Å². The van der Waals surface area contributed by atoms with Crippen molar-refractivity contribution in [1.29, 1.82) is 0 Å². The quantitative estimate of drug-likeness (QED) is 0.719. The van der Waals surface area contributed by atoms with Gasteiger partial charge in [0.05, 0.1) is 10.7 Å². The van der Waals surface area contributed by atoms with Crippen molar-refractivity contribution in [2.24, 2.45) is 5.73 Å². The van der Waals surface area contributed by atoms with Gasteiger partial charge in [-0.1, -0.05) is 29.3 Å². The largest absolute Gasteiger partial charge is 0.364 e. The van der Waals surface area contributed by atoms with Crippen molar-refractivity contribution in [2.75, 3.05) is 5.32 Å². The van der Waals surface area contributed by atoms with E-state index in [9.17, 15) is 9.59 Å².